The van der Waals surface area contributed by atoms with Crippen molar-refractivity contribution in [2.45, 2.75) is 19.9 Å². The largest absolute Gasteiger partial charge is 0.490 e. The van der Waals surface area contributed by atoms with Crippen LogP contribution in [0.1, 0.15) is 12.6 Å². The van der Waals surface area contributed by atoms with Crippen LogP contribution in [0.3, 0.4) is 0 Å². The highest BCUT2D eigenvalue weighted by molar-refractivity contribution is 5.12. The second-order valence-corrected chi connectivity index (χ2v) is 3.45. The molecule has 0 aliphatic heterocycles. The lowest BCUT2D eigenvalue weighted by molar-refractivity contribution is 0.320. The van der Waals surface area contributed by atoms with Gasteiger partial charge in [0.2, 0.25) is 0 Å². The SMILES string of the molecule is CCn1cc(OCCc2ccccn2)cn1. The van der Waals surface area contributed by atoms with E-state index in [-0.39, 0.29) is 0 Å². The molecular formula is C12H15N3O. The van der Waals surface area contributed by atoms with E-state index in [9.17, 15) is 0 Å². The van der Waals surface area contributed by atoms with Gasteiger partial charge in [-0.25, -0.2) is 0 Å². The van der Waals surface area contributed by atoms with Crippen molar-refractivity contribution in [2.24, 2.45) is 0 Å². The minimum Gasteiger partial charge on any atom is -0.490 e. The van der Waals surface area contributed by atoms with Crippen molar-refractivity contribution in [3.63, 3.8) is 0 Å². The van der Waals surface area contributed by atoms with E-state index in [0.717, 1.165) is 24.4 Å². The summed E-state index contributed by atoms with van der Waals surface area (Å²) in [6.07, 6.45) is 6.25. The lowest BCUT2D eigenvalue weighted by atomic mass is 10.3. The van der Waals surface area contributed by atoms with Crippen LogP contribution in [0, 0.1) is 0 Å². The summed E-state index contributed by atoms with van der Waals surface area (Å²) in [6, 6.07) is 5.89. The second-order valence-electron chi connectivity index (χ2n) is 3.45. The van der Waals surface area contributed by atoms with Crippen molar-refractivity contribution in [2.75, 3.05) is 6.61 Å². The van der Waals surface area contributed by atoms with Gasteiger partial charge in [0.25, 0.3) is 0 Å². The van der Waals surface area contributed by atoms with Crippen molar-refractivity contribution < 1.29 is 4.74 Å². The first-order chi connectivity index (χ1) is 7.88. The Labute approximate surface area is 94.9 Å². The second kappa shape index (κ2) is 5.30. The molecular weight excluding hydrogens is 202 g/mol. The van der Waals surface area contributed by atoms with Crippen LogP contribution >= 0.6 is 0 Å². The van der Waals surface area contributed by atoms with E-state index in [1.165, 1.54) is 0 Å². The van der Waals surface area contributed by atoms with Crippen LogP contribution in [0.15, 0.2) is 36.8 Å². The highest BCUT2D eigenvalue weighted by Gasteiger charge is 1.98. The van der Waals surface area contributed by atoms with Gasteiger partial charge in [-0.3, -0.25) is 9.67 Å². The maximum atomic E-state index is 5.57. The minimum atomic E-state index is 0.631. The Morgan fingerprint density at radius 1 is 1.38 bits per heavy atom. The maximum Gasteiger partial charge on any atom is 0.157 e. The monoisotopic (exact) mass is 217 g/mol. The minimum absolute atomic E-state index is 0.631. The van der Waals surface area contributed by atoms with E-state index in [4.69, 9.17) is 4.74 Å². The van der Waals surface area contributed by atoms with Gasteiger partial charge in [0.05, 0.1) is 19.0 Å². The molecule has 0 aromatic carbocycles. The number of hydrogen-bond acceptors (Lipinski definition) is 3. The molecule has 0 saturated heterocycles. The van der Waals surface area contributed by atoms with Gasteiger partial charge in [-0.1, -0.05) is 6.07 Å². The number of pyridine rings is 1. The third kappa shape index (κ3) is 2.82. The topological polar surface area (TPSA) is 39.9 Å². The van der Waals surface area contributed by atoms with Gasteiger partial charge in [0.15, 0.2) is 5.75 Å². The Bertz CT molecular complexity index is 425. The molecule has 2 heterocycles. The molecule has 2 aromatic rings. The molecule has 0 unspecified atom stereocenters. The summed E-state index contributed by atoms with van der Waals surface area (Å²) in [7, 11) is 0. The molecule has 0 radical (unpaired) electrons. The number of hydrogen-bond donors (Lipinski definition) is 0. The molecule has 0 bridgehead atoms. The lowest BCUT2D eigenvalue weighted by Gasteiger charge is -2.02. The zero-order valence-electron chi connectivity index (χ0n) is 9.34. The number of nitrogens with zero attached hydrogens (tertiary/aromatic N) is 3. The Hall–Kier alpha value is -1.84. The zero-order chi connectivity index (χ0) is 11.2. The molecule has 4 nitrogen and oxygen atoms in total. The molecule has 0 atom stereocenters. The predicted octanol–water partition coefficient (Wildman–Crippen LogP) is 1.92. The van der Waals surface area contributed by atoms with Crippen LogP contribution in [0.2, 0.25) is 0 Å². The van der Waals surface area contributed by atoms with Crippen LogP contribution in [0.5, 0.6) is 5.75 Å². The first-order valence-electron chi connectivity index (χ1n) is 5.43. The number of aryl methyl sites for hydroxylation is 1. The average molecular weight is 217 g/mol. The van der Waals surface area contributed by atoms with Gasteiger partial charge in [-0.2, -0.15) is 5.10 Å². The van der Waals surface area contributed by atoms with Gasteiger partial charge in [-0.05, 0) is 19.1 Å². The molecule has 2 rings (SSSR count). The molecule has 0 spiro atoms. The maximum absolute atomic E-state index is 5.57. The first kappa shape index (κ1) is 10.7. The van der Waals surface area contributed by atoms with Gasteiger partial charge >= 0.3 is 0 Å². The van der Waals surface area contributed by atoms with Crippen molar-refractivity contribution in [1.82, 2.24) is 14.8 Å². The number of aromatic nitrogens is 3. The molecule has 0 saturated carbocycles. The van der Waals surface area contributed by atoms with Crippen molar-refractivity contribution in [3.05, 3.63) is 42.5 Å². The molecule has 16 heavy (non-hydrogen) atoms. The summed E-state index contributed by atoms with van der Waals surface area (Å²) in [5, 5.41) is 4.14. The highest BCUT2D eigenvalue weighted by atomic mass is 16.5. The Kier molecular flexibility index (Phi) is 3.53. The first-order valence-corrected chi connectivity index (χ1v) is 5.43. The summed E-state index contributed by atoms with van der Waals surface area (Å²) in [5.74, 6) is 0.817. The molecule has 0 amide bonds. The van der Waals surface area contributed by atoms with Crippen molar-refractivity contribution in [1.29, 1.82) is 0 Å². The molecule has 2 aromatic heterocycles. The van der Waals surface area contributed by atoms with Gasteiger partial charge < -0.3 is 4.74 Å². The summed E-state index contributed by atoms with van der Waals surface area (Å²) < 4.78 is 7.41. The number of ether oxygens (including phenoxy) is 1. The van der Waals surface area contributed by atoms with Gasteiger partial charge in [-0.15, -0.1) is 0 Å². The fourth-order valence-electron chi connectivity index (χ4n) is 1.41. The fourth-order valence-corrected chi connectivity index (χ4v) is 1.41. The van der Waals surface area contributed by atoms with E-state index in [0.29, 0.717) is 6.61 Å². The zero-order valence-corrected chi connectivity index (χ0v) is 9.34. The Morgan fingerprint density at radius 3 is 3.00 bits per heavy atom. The van der Waals surface area contributed by atoms with Crippen LogP contribution in [-0.2, 0) is 13.0 Å². The molecule has 0 aliphatic rings. The highest BCUT2D eigenvalue weighted by Crippen LogP contribution is 2.08. The van der Waals surface area contributed by atoms with E-state index in [1.807, 2.05) is 36.0 Å². The Balaban J connectivity index is 1.80. The van der Waals surface area contributed by atoms with E-state index in [1.54, 1.807) is 12.4 Å². The standard InChI is InChI=1S/C12H15N3O/c1-2-15-10-12(9-14-15)16-8-6-11-5-3-4-7-13-11/h3-5,7,9-10H,2,6,8H2,1H3. The normalized spacial score (nSPS) is 10.3. The predicted molar refractivity (Wildman–Crippen MR) is 61.3 cm³/mol. The molecule has 84 valence electrons. The van der Waals surface area contributed by atoms with Crippen LogP contribution < -0.4 is 4.74 Å². The fraction of sp³-hybridized carbons (Fsp3) is 0.333. The lowest BCUT2D eigenvalue weighted by Crippen LogP contribution is -2.02. The molecule has 0 N–H and O–H groups in total. The summed E-state index contributed by atoms with van der Waals surface area (Å²) in [5.41, 5.74) is 1.05. The third-order valence-corrected chi connectivity index (χ3v) is 2.29. The summed E-state index contributed by atoms with van der Waals surface area (Å²) >= 11 is 0. The average Bonchev–Trinajstić information content (AvgIpc) is 2.78. The summed E-state index contributed by atoms with van der Waals surface area (Å²) in [6.45, 7) is 3.54. The van der Waals surface area contributed by atoms with E-state index < -0.39 is 0 Å². The van der Waals surface area contributed by atoms with Crippen LogP contribution in [-0.4, -0.2) is 21.4 Å². The van der Waals surface area contributed by atoms with E-state index >= 15 is 0 Å². The number of rotatable bonds is 5. The van der Waals surface area contributed by atoms with Gasteiger partial charge in [0, 0.05) is 24.9 Å². The van der Waals surface area contributed by atoms with E-state index in [2.05, 4.69) is 10.1 Å². The smallest absolute Gasteiger partial charge is 0.157 e. The van der Waals surface area contributed by atoms with Gasteiger partial charge in [0.1, 0.15) is 0 Å². The molecule has 0 fully saturated rings. The van der Waals surface area contributed by atoms with Crippen molar-refractivity contribution >= 4 is 0 Å². The third-order valence-electron chi connectivity index (χ3n) is 2.29. The van der Waals surface area contributed by atoms with Crippen LogP contribution in [0.25, 0.3) is 0 Å². The quantitative estimate of drug-likeness (QED) is 0.768. The van der Waals surface area contributed by atoms with Crippen molar-refractivity contribution in [3.8, 4) is 5.75 Å². The molecule has 4 heteroatoms. The summed E-state index contributed by atoms with van der Waals surface area (Å²) in [4.78, 5) is 4.23. The Morgan fingerprint density at radius 2 is 2.31 bits per heavy atom. The molecule has 0 aliphatic carbocycles. The van der Waals surface area contributed by atoms with Crippen LogP contribution in [0.4, 0.5) is 0 Å².